The van der Waals surface area contributed by atoms with Crippen molar-refractivity contribution in [3.05, 3.63) is 41.4 Å². The molecule has 1 aromatic carbocycles. The number of rotatable bonds is 6. The highest BCUT2D eigenvalue weighted by Crippen LogP contribution is 2.36. The van der Waals surface area contributed by atoms with Gasteiger partial charge in [-0.3, -0.25) is 9.59 Å². The van der Waals surface area contributed by atoms with E-state index in [2.05, 4.69) is 11.7 Å². The maximum absolute atomic E-state index is 12.2. The number of hydrogen-bond acceptors (Lipinski definition) is 5. The third kappa shape index (κ3) is 4.28. The molecule has 30 heavy (non-hydrogen) atoms. The van der Waals surface area contributed by atoms with Crippen LogP contribution in [0.4, 0.5) is 5.82 Å². The molecule has 1 fully saturated rings. The lowest BCUT2D eigenvalue weighted by atomic mass is 10.0. The third-order valence-corrected chi connectivity index (χ3v) is 5.35. The fraction of sp³-hybridized carbons (Fsp3) is 0.381. The van der Waals surface area contributed by atoms with Crippen LogP contribution < -0.4 is 16.2 Å². The average molecular weight is 432 g/mol. The van der Waals surface area contributed by atoms with Crippen LogP contribution in [0.2, 0.25) is 5.02 Å². The van der Waals surface area contributed by atoms with Crippen LogP contribution in [0.1, 0.15) is 43.1 Å². The summed E-state index contributed by atoms with van der Waals surface area (Å²) in [5.41, 5.74) is 13.0. The molecule has 9 heteroatoms. The second kappa shape index (κ2) is 8.79. The standard InChI is InChI=1S/C21H26ClN5O3/c1-4-17(28)26-9-7-14(8-10-26)27-20(23)18(21(24)29)19(25-27)13-5-6-16(15(22)11-13)30-12(2)3/h4-6,11-12,14H,1,7-10,23H2,2-3H3,(H2,24,29). The molecule has 160 valence electrons. The van der Waals surface area contributed by atoms with Crippen LogP contribution in [0.25, 0.3) is 11.3 Å². The Hall–Kier alpha value is -3.00. The van der Waals surface area contributed by atoms with Crippen LogP contribution in [0.15, 0.2) is 30.9 Å². The molecule has 0 unspecified atom stereocenters. The molecule has 1 saturated heterocycles. The van der Waals surface area contributed by atoms with Gasteiger partial charge in [0.25, 0.3) is 5.91 Å². The smallest absolute Gasteiger partial charge is 0.254 e. The van der Waals surface area contributed by atoms with E-state index < -0.39 is 5.91 Å². The Morgan fingerprint density at radius 2 is 2.00 bits per heavy atom. The van der Waals surface area contributed by atoms with Gasteiger partial charge in [0, 0.05) is 18.7 Å². The molecule has 0 spiro atoms. The molecular weight excluding hydrogens is 406 g/mol. The van der Waals surface area contributed by atoms with Crippen molar-refractivity contribution in [2.45, 2.75) is 38.8 Å². The van der Waals surface area contributed by atoms with Crippen molar-refractivity contribution in [3.8, 4) is 17.0 Å². The Morgan fingerprint density at radius 3 is 2.53 bits per heavy atom. The van der Waals surface area contributed by atoms with Gasteiger partial charge >= 0.3 is 0 Å². The summed E-state index contributed by atoms with van der Waals surface area (Å²) in [5.74, 6) is -0.00210. The molecule has 0 atom stereocenters. The first-order valence-corrected chi connectivity index (χ1v) is 10.2. The zero-order chi connectivity index (χ0) is 22.0. The van der Waals surface area contributed by atoms with Crippen LogP contribution in [0.3, 0.4) is 0 Å². The second-order valence-electron chi connectivity index (χ2n) is 7.49. The highest BCUT2D eigenvalue weighted by Gasteiger charge is 2.29. The van der Waals surface area contributed by atoms with Crippen LogP contribution in [0.5, 0.6) is 5.75 Å². The van der Waals surface area contributed by atoms with E-state index in [0.29, 0.717) is 48.0 Å². The lowest BCUT2D eigenvalue weighted by Crippen LogP contribution is -2.38. The molecule has 0 aliphatic carbocycles. The molecule has 2 heterocycles. The van der Waals surface area contributed by atoms with E-state index in [9.17, 15) is 9.59 Å². The fourth-order valence-electron chi connectivity index (χ4n) is 3.63. The van der Waals surface area contributed by atoms with E-state index in [-0.39, 0.29) is 29.4 Å². The normalized spacial score (nSPS) is 14.7. The van der Waals surface area contributed by atoms with Crippen LogP contribution in [0, 0.1) is 0 Å². The minimum Gasteiger partial charge on any atom is -0.489 e. The predicted molar refractivity (Wildman–Crippen MR) is 116 cm³/mol. The maximum atomic E-state index is 12.2. The molecule has 1 aliphatic rings. The summed E-state index contributed by atoms with van der Waals surface area (Å²) in [5, 5.41) is 5.02. The van der Waals surface area contributed by atoms with Crippen molar-refractivity contribution in [1.82, 2.24) is 14.7 Å². The number of aromatic nitrogens is 2. The lowest BCUT2D eigenvalue weighted by Gasteiger charge is -2.31. The monoisotopic (exact) mass is 431 g/mol. The molecule has 1 aliphatic heterocycles. The van der Waals surface area contributed by atoms with Crippen LogP contribution >= 0.6 is 11.6 Å². The average Bonchev–Trinajstić information content (AvgIpc) is 3.06. The number of likely N-dealkylation sites (tertiary alicyclic amines) is 1. The van der Waals surface area contributed by atoms with E-state index in [1.54, 1.807) is 27.8 Å². The van der Waals surface area contributed by atoms with Gasteiger partial charge in [0.1, 0.15) is 22.8 Å². The molecule has 1 aromatic heterocycles. The number of anilines is 1. The van der Waals surface area contributed by atoms with Crippen molar-refractivity contribution >= 4 is 29.2 Å². The molecule has 0 bridgehead atoms. The maximum Gasteiger partial charge on any atom is 0.254 e. The van der Waals surface area contributed by atoms with Crippen LogP contribution in [-0.2, 0) is 4.79 Å². The Bertz CT molecular complexity index is 977. The Balaban J connectivity index is 1.94. The summed E-state index contributed by atoms with van der Waals surface area (Å²) in [4.78, 5) is 25.7. The van der Waals surface area contributed by atoms with Gasteiger partial charge in [-0.1, -0.05) is 18.2 Å². The number of amides is 2. The number of carbonyl (C=O) groups excluding carboxylic acids is 2. The lowest BCUT2D eigenvalue weighted by molar-refractivity contribution is -0.127. The Labute approximate surface area is 180 Å². The molecule has 8 nitrogen and oxygen atoms in total. The largest absolute Gasteiger partial charge is 0.489 e. The van der Waals surface area contributed by atoms with Crippen molar-refractivity contribution in [1.29, 1.82) is 0 Å². The molecule has 2 aromatic rings. The minimum atomic E-state index is -0.661. The minimum absolute atomic E-state index is 0.0248. The number of ether oxygens (including phenoxy) is 1. The summed E-state index contributed by atoms with van der Waals surface area (Å²) in [6.45, 7) is 8.46. The molecule has 0 saturated carbocycles. The van der Waals surface area contributed by atoms with Crippen molar-refractivity contribution < 1.29 is 14.3 Å². The quantitative estimate of drug-likeness (QED) is 0.682. The van der Waals surface area contributed by atoms with Crippen LogP contribution in [-0.4, -0.2) is 45.7 Å². The highest BCUT2D eigenvalue weighted by molar-refractivity contribution is 6.32. The number of hydrogen-bond donors (Lipinski definition) is 2. The van der Waals surface area contributed by atoms with E-state index >= 15 is 0 Å². The van der Waals surface area contributed by atoms with Gasteiger partial charge < -0.3 is 21.1 Å². The third-order valence-electron chi connectivity index (χ3n) is 5.06. The Morgan fingerprint density at radius 1 is 1.33 bits per heavy atom. The topological polar surface area (TPSA) is 116 Å². The van der Waals surface area contributed by atoms with E-state index in [0.717, 1.165) is 0 Å². The van der Waals surface area contributed by atoms with E-state index in [4.69, 9.17) is 27.8 Å². The first-order chi connectivity index (χ1) is 14.2. The number of carbonyl (C=O) groups is 2. The Kier molecular flexibility index (Phi) is 6.36. The van der Waals surface area contributed by atoms with Crippen molar-refractivity contribution in [2.24, 2.45) is 5.73 Å². The molecule has 0 radical (unpaired) electrons. The predicted octanol–water partition coefficient (Wildman–Crippen LogP) is 3.02. The number of nitrogens with zero attached hydrogens (tertiary/aromatic N) is 3. The van der Waals surface area contributed by atoms with Gasteiger partial charge in [-0.2, -0.15) is 5.10 Å². The van der Waals surface area contributed by atoms with Gasteiger partial charge in [0.2, 0.25) is 5.91 Å². The first kappa shape index (κ1) is 21.7. The molecular formula is C21H26ClN5O3. The molecule has 3 rings (SSSR count). The summed E-state index contributed by atoms with van der Waals surface area (Å²) in [6.07, 6.45) is 2.60. The zero-order valence-corrected chi connectivity index (χ0v) is 17.9. The number of nitrogens with two attached hydrogens (primary N) is 2. The number of halogens is 1. The summed E-state index contributed by atoms with van der Waals surface area (Å²) in [6, 6.07) is 5.14. The van der Waals surface area contributed by atoms with Crippen molar-refractivity contribution in [3.63, 3.8) is 0 Å². The summed E-state index contributed by atoms with van der Waals surface area (Å²) in [7, 11) is 0. The molecule has 4 N–H and O–H groups in total. The summed E-state index contributed by atoms with van der Waals surface area (Å²) >= 11 is 6.36. The first-order valence-electron chi connectivity index (χ1n) is 9.78. The van der Waals surface area contributed by atoms with Crippen molar-refractivity contribution in [2.75, 3.05) is 18.8 Å². The fourth-order valence-corrected chi connectivity index (χ4v) is 3.85. The van der Waals surface area contributed by atoms with Gasteiger partial charge in [0.05, 0.1) is 17.2 Å². The molecule has 2 amide bonds. The van der Waals surface area contributed by atoms with E-state index in [1.807, 2.05) is 13.8 Å². The van der Waals surface area contributed by atoms with Gasteiger partial charge in [-0.25, -0.2) is 4.68 Å². The number of benzene rings is 1. The number of nitrogen functional groups attached to an aromatic ring is 1. The second-order valence-corrected chi connectivity index (χ2v) is 7.90. The van der Waals surface area contributed by atoms with Gasteiger partial charge in [-0.15, -0.1) is 0 Å². The number of piperidine rings is 1. The van der Waals surface area contributed by atoms with Gasteiger partial charge in [0.15, 0.2) is 0 Å². The summed E-state index contributed by atoms with van der Waals surface area (Å²) < 4.78 is 7.30. The number of primary amides is 1. The highest BCUT2D eigenvalue weighted by atomic mass is 35.5. The SMILES string of the molecule is C=CC(=O)N1CCC(n2nc(-c3ccc(OC(C)C)c(Cl)c3)c(C(N)=O)c2N)CC1. The van der Waals surface area contributed by atoms with E-state index in [1.165, 1.54) is 6.08 Å². The zero-order valence-electron chi connectivity index (χ0n) is 17.1. The van der Waals surface area contributed by atoms with Gasteiger partial charge in [-0.05, 0) is 51.0 Å².